The second kappa shape index (κ2) is 74.9. The van der Waals surface area contributed by atoms with Crippen molar-refractivity contribution in [2.75, 3.05) is 39.6 Å². The largest absolute Gasteiger partial charge is 0.472 e. The van der Waals surface area contributed by atoms with Gasteiger partial charge in [-0.1, -0.05) is 388 Å². The van der Waals surface area contributed by atoms with Crippen molar-refractivity contribution in [2.24, 2.45) is 5.92 Å². The molecule has 101 heavy (non-hydrogen) atoms. The second-order valence-corrected chi connectivity index (χ2v) is 32.9. The quantitative estimate of drug-likeness (QED) is 0.0222. The van der Waals surface area contributed by atoms with Crippen molar-refractivity contribution in [3.05, 3.63) is 0 Å². The van der Waals surface area contributed by atoms with Crippen LogP contribution in [0.2, 0.25) is 0 Å². The van der Waals surface area contributed by atoms with Gasteiger partial charge in [0.2, 0.25) is 0 Å². The van der Waals surface area contributed by atoms with Gasteiger partial charge in [0.1, 0.15) is 19.3 Å². The number of phosphoric ester groups is 2. The van der Waals surface area contributed by atoms with E-state index in [1.165, 1.54) is 263 Å². The predicted octanol–water partition coefficient (Wildman–Crippen LogP) is 24.8. The number of aliphatic hydroxyl groups is 1. The molecule has 3 N–H and O–H groups in total. The number of carbonyl (C=O) groups excluding carboxylic acids is 4. The first-order valence-electron chi connectivity index (χ1n) is 42.6. The first kappa shape index (κ1) is 99.1. The van der Waals surface area contributed by atoms with E-state index in [0.717, 1.165) is 95.8 Å². The Morgan fingerprint density at radius 1 is 0.267 bits per heavy atom. The van der Waals surface area contributed by atoms with E-state index in [2.05, 4.69) is 34.6 Å². The molecule has 0 aliphatic carbocycles. The normalized spacial score (nSPS) is 13.8. The number of hydrogen-bond donors (Lipinski definition) is 3. The minimum Gasteiger partial charge on any atom is -0.462 e. The van der Waals surface area contributed by atoms with Crippen LogP contribution < -0.4 is 0 Å². The summed E-state index contributed by atoms with van der Waals surface area (Å²) in [5.74, 6) is -1.35. The molecule has 0 bridgehead atoms. The molecule has 0 aliphatic heterocycles. The van der Waals surface area contributed by atoms with Crippen molar-refractivity contribution in [1.29, 1.82) is 0 Å². The highest BCUT2D eigenvalue weighted by Crippen LogP contribution is 2.45. The summed E-state index contributed by atoms with van der Waals surface area (Å²) in [4.78, 5) is 73.0. The van der Waals surface area contributed by atoms with Gasteiger partial charge in [-0.15, -0.1) is 0 Å². The Morgan fingerprint density at radius 3 is 0.673 bits per heavy atom. The first-order chi connectivity index (χ1) is 49.0. The molecule has 0 heterocycles. The fourth-order valence-electron chi connectivity index (χ4n) is 12.8. The topological polar surface area (TPSA) is 237 Å². The van der Waals surface area contributed by atoms with Crippen molar-refractivity contribution in [3.63, 3.8) is 0 Å². The van der Waals surface area contributed by atoms with Gasteiger partial charge in [0.15, 0.2) is 12.2 Å². The van der Waals surface area contributed by atoms with Gasteiger partial charge >= 0.3 is 39.5 Å². The molecule has 0 aromatic heterocycles. The monoisotopic (exact) mass is 1480 g/mol. The molecule has 0 amide bonds. The Balaban J connectivity index is 5.22. The summed E-state index contributed by atoms with van der Waals surface area (Å²) in [7, 11) is -9.92. The zero-order chi connectivity index (χ0) is 74.1. The highest BCUT2D eigenvalue weighted by atomic mass is 31.2. The van der Waals surface area contributed by atoms with Crippen LogP contribution in [0.25, 0.3) is 0 Å². The van der Waals surface area contributed by atoms with E-state index < -0.39 is 97.5 Å². The van der Waals surface area contributed by atoms with Crippen LogP contribution in [0, 0.1) is 5.92 Å². The molecular weight excluding hydrogens is 1320 g/mol. The van der Waals surface area contributed by atoms with E-state index in [9.17, 15) is 43.2 Å². The molecule has 0 fully saturated rings. The second-order valence-electron chi connectivity index (χ2n) is 30.0. The fraction of sp³-hybridized carbons (Fsp3) is 0.951. The molecule has 17 nitrogen and oxygen atoms in total. The first-order valence-corrected chi connectivity index (χ1v) is 45.6. The third kappa shape index (κ3) is 76.1. The molecule has 600 valence electrons. The third-order valence-corrected chi connectivity index (χ3v) is 21.2. The van der Waals surface area contributed by atoms with E-state index in [1.807, 2.05) is 0 Å². The highest BCUT2D eigenvalue weighted by Gasteiger charge is 2.30. The lowest BCUT2D eigenvalue weighted by atomic mass is 10.0. The van der Waals surface area contributed by atoms with Crippen molar-refractivity contribution >= 4 is 39.5 Å². The molecule has 0 aliphatic rings. The van der Waals surface area contributed by atoms with Crippen LogP contribution in [0.1, 0.15) is 439 Å². The third-order valence-electron chi connectivity index (χ3n) is 19.3. The zero-order valence-corrected chi connectivity index (χ0v) is 67.8. The number of esters is 4. The molecule has 5 atom stereocenters. The summed E-state index contributed by atoms with van der Waals surface area (Å²) >= 11 is 0. The Morgan fingerprint density at radius 2 is 0.455 bits per heavy atom. The number of aliphatic hydroxyl groups excluding tert-OH is 1. The Bertz CT molecular complexity index is 1930. The van der Waals surface area contributed by atoms with Crippen LogP contribution in [0.15, 0.2) is 0 Å². The average molecular weight is 1480 g/mol. The summed E-state index contributed by atoms with van der Waals surface area (Å²) in [5, 5.41) is 10.6. The van der Waals surface area contributed by atoms with E-state index in [-0.39, 0.29) is 25.7 Å². The van der Waals surface area contributed by atoms with Gasteiger partial charge in [-0.3, -0.25) is 37.3 Å². The molecule has 2 unspecified atom stereocenters. The summed E-state index contributed by atoms with van der Waals surface area (Å²) in [6, 6.07) is 0. The van der Waals surface area contributed by atoms with Gasteiger partial charge in [-0.05, 0) is 31.6 Å². The standard InChI is InChI=1S/C82H160O17P2/c1-6-9-12-15-18-21-24-26-28-30-32-33-35-37-39-41-47-52-57-62-67-81(86)98-78(72-93-80(85)66-61-56-51-46-40-38-36-34-31-29-27-25-22-19-16-13-10-7-2)74-97-101(90,91)95-70-76(83)69-94-100(88,89)96-73-77(71-92-79(84)65-60-55-50-45-23-20-17-14-11-8-3)99-82(87)68-63-58-53-48-43-42-44-49-54-59-64-75(4)5/h75-78,83H,6-74H2,1-5H3,(H,88,89)(H,90,91)/t76-,77+,78+/m0/s1. The molecule has 0 radical (unpaired) electrons. The maximum absolute atomic E-state index is 13.1. The molecular formula is C82H160O17P2. The Kier molecular flexibility index (Phi) is 73.5. The smallest absolute Gasteiger partial charge is 0.462 e. The molecule has 19 heteroatoms. The molecule has 0 aromatic rings. The zero-order valence-electron chi connectivity index (χ0n) is 66.1. The van der Waals surface area contributed by atoms with Crippen molar-refractivity contribution < 1.29 is 80.2 Å². The van der Waals surface area contributed by atoms with Crippen LogP contribution in [0.4, 0.5) is 0 Å². The number of hydrogen-bond acceptors (Lipinski definition) is 15. The minimum absolute atomic E-state index is 0.107. The van der Waals surface area contributed by atoms with Gasteiger partial charge in [0, 0.05) is 25.7 Å². The summed E-state index contributed by atoms with van der Waals surface area (Å²) < 4.78 is 68.7. The predicted molar refractivity (Wildman–Crippen MR) is 414 cm³/mol. The number of phosphoric acid groups is 2. The molecule has 0 saturated carbocycles. The minimum atomic E-state index is -4.96. The molecule has 0 aromatic carbocycles. The lowest BCUT2D eigenvalue weighted by Crippen LogP contribution is -2.30. The van der Waals surface area contributed by atoms with Gasteiger partial charge in [0.25, 0.3) is 0 Å². The highest BCUT2D eigenvalue weighted by molar-refractivity contribution is 7.47. The number of ether oxygens (including phenoxy) is 4. The van der Waals surface area contributed by atoms with Gasteiger partial charge in [-0.25, -0.2) is 9.13 Å². The summed E-state index contributed by atoms with van der Waals surface area (Å²) in [5.41, 5.74) is 0. The van der Waals surface area contributed by atoms with Crippen LogP contribution in [0.5, 0.6) is 0 Å². The van der Waals surface area contributed by atoms with E-state index in [1.54, 1.807) is 0 Å². The summed E-state index contributed by atoms with van der Waals surface area (Å²) in [6.07, 6.45) is 66.7. The average Bonchev–Trinajstić information content (AvgIpc) is 1.03. The molecule has 0 saturated heterocycles. The van der Waals surface area contributed by atoms with Gasteiger partial charge in [-0.2, -0.15) is 0 Å². The van der Waals surface area contributed by atoms with Gasteiger partial charge in [0.05, 0.1) is 26.4 Å². The van der Waals surface area contributed by atoms with E-state index in [0.29, 0.717) is 25.7 Å². The number of carbonyl (C=O) groups is 4. The van der Waals surface area contributed by atoms with Crippen LogP contribution in [-0.2, 0) is 65.4 Å². The van der Waals surface area contributed by atoms with Crippen LogP contribution in [-0.4, -0.2) is 96.7 Å². The van der Waals surface area contributed by atoms with Gasteiger partial charge < -0.3 is 33.8 Å². The molecule has 0 spiro atoms. The molecule has 0 rings (SSSR count). The number of unbranched alkanes of at least 4 members (excludes halogenated alkanes) is 54. The van der Waals surface area contributed by atoms with Crippen LogP contribution >= 0.6 is 15.6 Å². The number of rotatable bonds is 82. The lowest BCUT2D eigenvalue weighted by Gasteiger charge is -2.21. The Hall–Kier alpha value is -1.94. The van der Waals surface area contributed by atoms with E-state index in [4.69, 9.17) is 37.0 Å². The lowest BCUT2D eigenvalue weighted by molar-refractivity contribution is -0.161. The SMILES string of the molecule is CCCCCCCCCCCCCCCCCCCCCCC(=O)O[C@H](COC(=O)CCCCCCCCCCCCCCCCCCCC)COP(=O)(O)OC[C@@H](O)COP(=O)(O)OC[C@@H](COC(=O)CCCCCCCCCCCC)OC(=O)CCCCCCCCCCCCC(C)C. The van der Waals surface area contributed by atoms with E-state index >= 15 is 0 Å². The Labute approximate surface area is 619 Å². The fourth-order valence-corrected chi connectivity index (χ4v) is 14.3. The van der Waals surface area contributed by atoms with Crippen molar-refractivity contribution in [2.45, 2.75) is 457 Å². The maximum atomic E-state index is 13.1. The van der Waals surface area contributed by atoms with Crippen molar-refractivity contribution in [1.82, 2.24) is 0 Å². The van der Waals surface area contributed by atoms with Crippen molar-refractivity contribution in [3.8, 4) is 0 Å². The van der Waals surface area contributed by atoms with Crippen LogP contribution in [0.3, 0.4) is 0 Å². The maximum Gasteiger partial charge on any atom is 0.472 e. The summed E-state index contributed by atoms with van der Waals surface area (Å²) in [6.45, 7) is 7.32.